The molecule has 1 heterocycles. The molecule has 120 valence electrons. The van der Waals surface area contributed by atoms with E-state index in [1.54, 1.807) is 25.3 Å². The van der Waals surface area contributed by atoms with Crippen molar-refractivity contribution < 1.29 is 14.6 Å². The van der Waals surface area contributed by atoms with Crippen LogP contribution in [0.25, 0.3) is 5.57 Å². The van der Waals surface area contributed by atoms with Gasteiger partial charge >= 0.3 is 5.97 Å². The molecule has 0 atom stereocenters. The number of rotatable bonds is 3. The van der Waals surface area contributed by atoms with Crippen molar-refractivity contribution in [1.82, 2.24) is 0 Å². The lowest BCUT2D eigenvalue weighted by molar-refractivity contribution is 0.0697. The second-order valence-electron chi connectivity index (χ2n) is 5.83. The van der Waals surface area contributed by atoms with Crippen molar-refractivity contribution >= 4 is 23.1 Å². The number of hydrogen-bond acceptors (Lipinski definition) is 4. The number of nitrogens with zero attached hydrogens (tertiary/aromatic N) is 1. The first kappa shape index (κ1) is 14.5. The molecule has 1 aliphatic heterocycles. The van der Waals surface area contributed by atoms with Crippen molar-refractivity contribution in [3.05, 3.63) is 64.7 Å². The molecule has 0 spiro atoms. The standard InChI is InChI=1S/C19H16N2O3/c1-24-14-5-6-15-12(8-14)9-16-17(15)10-20-18(16)21-13-4-2-3-11(7-13)19(22)23/h2-8H,9-10H2,1H3,(H,20,21)(H,22,23). The van der Waals surface area contributed by atoms with Crippen molar-refractivity contribution in [2.75, 3.05) is 19.0 Å². The fourth-order valence-electron chi connectivity index (χ4n) is 3.24. The number of benzene rings is 2. The Bertz CT molecular complexity index is 913. The van der Waals surface area contributed by atoms with E-state index < -0.39 is 5.97 Å². The molecule has 0 unspecified atom stereocenters. The van der Waals surface area contributed by atoms with Gasteiger partial charge < -0.3 is 15.2 Å². The van der Waals surface area contributed by atoms with Gasteiger partial charge in [-0.25, -0.2) is 4.79 Å². The zero-order valence-corrected chi connectivity index (χ0v) is 13.2. The number of anilines is 1. The highest BCUT2D eigenvalue weighted by Crippen LogP contribution is 2.38. The van der Waals surface area contributed by atoms with E-state index in [4.69, 9.17) is 9.84 Å². The van der Waals surface area contributed by atoms with E-state index in [9.17, 15) is 4.79 Å². The van der Waals surface area contributed by atoms with Crippen LogP contribution in [0.3, 0.4) is 0 Å². The summed E-state index contributed by atoms with van der Waals surface area (Å²) in [5, 5.41) is 12.4. The van der Waals surface area contributed by atoms with Gasteiger partial charge in [-0.05, 0) is 47.0 Å². The minimum atomic E-state index is -0.938. The second-order valence-corrected chi connectivity index (χ2v) is 5.83. The summed E-state index contributed by atoms with van der Waals surface area (Å²) in [6.07, 6.45) is 0.812. The normalized spacial score (nSPS) is 15.0. The van der Waals surface area contributed by atoms with Crippen LogP contribution in [0.15, 0.2) is 53.0 Å². The SMILES string of the molecule is COc1ccc2c(c1)CC1=C2CN=C1Nc1cccc(C(=O)O)c1. The van der Waals surface area contributed by atoms with Crippen molar-refractivity contribution in [3.63, 3.8) is 0 Å². The minimum absolute atomic E-state index is 0.257. The van der Waals surface area contributed by atoms with Crippen LogP contribution in [-0.4, -0.2) is 30.6 Å². The minimum Gasteiger partial charge on any atom is -0.497 e. The number of fused-ring (bicyclic) bond motifs is 2. The number of carboxylic acid groups (broad SMARTS) is 1. The predicted octanol–water partition coefficient (Wildman–Crippen LogP) is 3.23. The first-order valence-corrected chi connectivity index (χ1v) is 7.70. The third-order valence-corrected chi connectivity index (χ3v) is 4.42. The Kier molecular flexibility index (Phi) is 3.34. The first-order chi connectivity index (χ1) is 11.7. The Morgan fingerprint density at radius 3 is 2.88 bits per heavy atom. The van der Waals surface area contributed by atoms with E-state index >= 15 is 0 Å². The number of methoxy groups -OCH3 is 1. The summed E-state index contributed by atoms with van der Waals surface area (Å²) in [5.41, 5.74) is 5.88. The predicted molar refractivity (Wildman–Crippen MR) is 92.9 cm³/mol. The fraction of sp³-hybridized carbons (Fsp3) is 0.158. The number of aliphatic imine (C=N–C) groups is 1. The molecule has 0 saturated carbocycles. The molecule has 0 fully saturated rings. The summed E-state index contributed by atoms with van der Waals surface area (Å²) in [4.78, 5) is 15.7. The molecule has 24 heavy (non-hydrogen) atoms. The van der Waals surface area contributed by atoms with Gasteiger partial charge in [0.05, 0.1) is 19.2 Å². The summed E-state index contributed by atoms with van der Waals surface area (Å²) >= 11 is 0. The molecule has 0 saturated heterocycles. The number of aromatic carboxylic acids is 1. The quantitative estimate of drug-likeness (QED) is 0.911. The van der Waals surface area contributed by atoms with Gasteiger partial charge in [-0.3, -0.25) is 4.99 Å². The first-order valence-electron chi connectivity index (χ1n) is 7.70. The number of ether oxygens (including phenoxy) is 1. The lowest BCUT2D eigenvalue weighted by atomic mass is 10.1. The average molecular weight is 320 g/mol. The van der Waals surface area contributed by atoms with E-state index in [-0.39, 0.29) is 5.56 Å². The monoisotopic (exact) mass is 320 g/mol. The molecule has 0 radical (unpaired) electrons. The molecule has 2 N–H and O–H groups in total. The molecule has 4 rings (SSSR count). The van der Waals surface area contributed by atoms with Gasteiger partial charge in [0.25, 0.3) is 0 Å². The Morgan fingerprint density at radius 1 is 1.21 bits per heavy atom. The molecular formula is C19H16N2O3. The van der Waals surface area contributed by atoms with Gasteiger partial charge in [-0.15, -0.1) is 0 Å². The molecule has 5 heteroatoms. The summed E-state index contributed by atoms with van der Waals surface area (Å²) < 4.78 is 5.30. The Hall–Kier alpha value is -3.08. The van der Waals surface area contributed by atoms with Crippen LogP contribution < -0.4 is 10.1 Å². The maximum Gasteiger partial charge on any atom is 0.335 e. The van der Waals surface area contributed by atoms with E-state index in [1.807, 2.05) is 12.1 Å². The van der Waals surface area contributed by atoms with Crippen LogP contribution in [0.2, 0.25) is 0 Å². The number of hydrogen-bond donors (Lipinski definition) is 2. The number of nitrogens with one attached hydrogen (secondary N) is 1. The van der Waals surface area contributed by atoms with Gasteiger partial charge in [0.1, 0.15) is 11.6 Å². The third kappa shape index (κ3) is 2.34. The van der Waals surface area contributed by atoms with Crippen molar-refractivity contribution in [1.29, 1.82) is 0 Å². The summed E-state index contributed by atoms with van der Waals surface area (Å²) in [5.74, 6) is 0.741. The topological polar surface area (TPSA) is 70.9 Å². The molecule has 2 aromatic carbocycles. The molecule has 2 aromatic rings. The van der Waals surface area contributed by atoms with Crippen LogP contribution in [0.5, 0.6) is 5.75 Å². The number of amidine groups is 1. The van der Waals surface area contributed by atoms with Gasteiger partial charge in [-0.2, -0.15) is 0 Å². The molecule has 0 amide bonds. The van der Waals surface area contributed by atoms with Crippen LogP contribution in [-0.2, 0) is 6.42 Å². The third-order valence-electron chi connectivity index (χ3n) is 4.42. The van der Waals surface area contributed by atoms with E-state index in [2.05, 4.69) is 22.4 Å². The van der Waals surface area contributed by atoms with Gasteiger partial charge in [0.15, 0.2) is 0 Å². The highest BCUT2D eigenvalue weighted by molar-refractivity contribution is 6.17. The zero-order chi connectivity index (χ0) is 16.7. The Labute approximate surface area is 139 Å². The van der Waals surface area contributed by atoms with Gasteiger partial charge in [-0.1, -0.05) is 12.1 Å². The highest BCUT2D eigenvalue weighted by Gasteiger charge is 2.29. The zero-order valence-electron chi connectivity index (χ0n) is 13.2. The maximum atomic E-state index is 11.1. The Balaban J connectivity index is 1.59. The van der Waals surface area contributed by atoms with E-state index in [0.717, 1.165) is 23.7 Å². The molecule has 1 aliphatic carbocycles. The average Bonchev–Trinajstić information content (AvgIpc) is 3.14. The molecular weight excluding hydrogens is 304 g/mol. The van der Waals surface area contributed by atoms with Crippen molar-refractivity contribution in [2.24, 2.45) is 4.99 Å². The Morgan fingerprint density at radius 2 is 2.08 bits per heavy atom. The smallest absolute Gasteiger partial charge is 0.335 e. The van der Waals surface area contributed by atoms with Crippen molar-refractivity contribution in [2.45, 2.75) is 6.42 Å². The number of carboxylic acids is 1. The summed E-state index contributed by atoms with van der Waals surface area (Å²) in [6.45, 7) is 0.648. The van der Waals surface area contributed by atoms with Crippen molar-refractivity contribution in [3.8, 4) is 5.75 Å². The second kappa shape index (κ2) is 5.53. The lowest BCUT2D eigenvalue weighted by Crippen LogP contribution is -2.14. The molecule has 2 aliphatic rings. The lowest BCUT2D eigenvalue weighted by Gasteiger charge is -2.10. The largest absolute Gasteiger partial charge is 0.497 e. The molecule has 0 aromatic heterocycles. The fourth-order valence-corrected chi connectivity index (χ4v) is 3.24. The summed E-state index contributed by atoms with van der Waals surface area (Å²) in [7, 11) is 1.67. The van der Waals surface area contributed by atoms with Crippen LogP contribution in [0.1, 0.15) is 21.5 Å². The van der Waals surface area contributed by atoms with E-state index in [1.165, 1.54) is 22.3 Å². The maximum absolute atomic E-state index is 11.1. The van der Waals surface area contributed by atoms with Gasteiger partial charge in [0, 0.05) is 17.7 Å². The van der Waals surface area contributed by atoms with E-state index in [0.29, 0.717) is 6.54 Å². The van der Waals surface area contributed by atoms with Crippen LogP contribution >= 0.6 is 0 Å². The number of carbonyl (C=O) groups is 1. The highest BCUT2D eigenvalue weighted by atomic mass is 16.5. The van der Waals surface area contributed by atoms with Crippen LogP contribution in [0, 0.1) is 0 Å². The van der Waals surface area contributed by atoms with Crippen LogP contribution in [0.4, 0.5) is 5.69 Å². The molecule has 5 nitrogen and oxygen atoms in total. The van der Waals surface area contributed by atoms with Gasteiger partial charge in [0.2, 0.25) is 0 Å². The molecule has 0 bridgehead atoms. The summed E-state index contributed by atoms with van der Waals surface area (Å²) in [6, 6.07) is 12.9.